The average Bonchev–Trinajstić information content (AvgIpc) is 2.54. The van der Waals surface area contributed by atoms with Crippen LogP contribution in [0.25, 0.3) is 0 Å². The molecule has 21 heavy (non-hydrogen) atoms. The minimum Gasteiger partial charge on any atom is -0.374 e. The third-order valence-electron chi connectivity index (χ3n) is 3.37. The van der Waals surface area contributed by atoms with E-state index in [0.717, 1.165) is 32.6 Å². The van der Waals surface area contributed by atoms with Crippen molar-refractivity contribution in [1.29, 1.82) is 5.26 Å². The van der Waals surface area contributed by atoms with Gasteiger partial charge in [0.25, 0.3) is 5.91 Å². The van der Waals surface area contributed by atoms with Crippen LogP contribution in [0.4, 0.5) is 0 Å². The van der Waals surface area contributed by atoms with Gasteiger partial charge in [0.2, 0.25) is 0 Å². The Morgan fingerprint density at radius 2 is 2.05 bits per heavy atom. The fraction of sp³-hybridized carbons (Fsp3) is 0.375. The van der Waals surface area contributed by atoms with E-state index in [0.29, 0.717) is 6.54 Å². The van der Waals surface area contributed by atoms with Crippen molar-refractivity contribution in [2.75, 3.05) is 32.7 Å². The zero-order valence-corrected chi connectivity index (χ0v) is 12.0. The van der Waals surface area contributed by atoms with Gasteiger partial charge >= 0.3 is 0 Å². The third kappa shape index (κ3) is 4.93. The number of carbonyl (C=O) groups is 1. The van der Waals surface area contributed by atoms with Crippen LogP contribution in [0.15, 0.2) is 42.1 Å². The Bertz CT molecular complexity index is 527. The van der Waals surface area contributed by atoms with Gasteiger partial charge in [-0.05, 0) is 12.0 Å². The van der Waals surface area contributed by atoms with Gasteiger partial charge in [0.05, 0.1) is 0 Å². The highest BCUT2D eigenvalue weighted by molar-refractivity contribution is 5.97. The third-order valence-corrected chi connectivity index (χ3v) is 3.37. The van der Waals surface area contributed by atoms with E-state index in [-0.39, 0.29) is 11.5 Å². The predicted octanol–water partition coefficient (Wildman–Crippen LogP) is 0.658. The van der Waals surface area contributed by atoms with Gasteiger partial charge in [-0.2, -0.15) is 5.26 Å². The van der Waals surface area contributed by atoms with Crippen LogP contribution >= 0.6 is 0 Å². The molecule has 0 atom stereocenters. The molecule has 110 valence electrons. The van der Waals surface area contributed by atoms with Crippen molar-refractivity contribution >= 4 is 5.91 Å². The normalized spacial score (nSPS) is 15.4. The monoisotopic (exact) mass is 284 g/mol. The smallest absolute Gasteiger partial charge is 0.263 e. The molecule has 1 saturated heterocycles. The molecular weight excluding hydrogens is 264 g/mol. The first-order valence-corrected chi connectivity index (χ1v) is 7.18. The van der Waals surface area contributed by atoms with Crippen molar-refractivity contribution < 1.29 is 4.79 Å². The van der Waals surface area contributed by atoms with Gasteiger partial charge in [-0.1, -0.05) is 30.3 Å². The van der Waals surface area contributed by atoms with Crippen LogP contribution in [0.3, 0.4) is 0 Å². The fourth-order valence-corrected chi connectivity index (χ4v) is 2.19. The van der Waals surface area contributed by atoms with Crippen LogP contribution < -0.4 is 10.6 Å². The molecule has 0 bridgehead atoms. The van der Waals surface area contributed by atoms with Crippen LogP contribution in [0.2, 0.25) is 0 Å². The first-order valence-electron chi connectivity index (χ1n) is 7.18. The van der Waals surface area contributed by atoms with E-state index in [9.17, 15) is 4.79 Å². The first kappa shape index (κ1) is 15.1. The van der Waals surface area contributed by atoms with Crippen LogP contribution in [0, 0.1) is 11.3 Å². The lowest BCUT2D eigenvalue weighted by molar-refractivity contribution is -0.117. The standard InChI is InChI=1S/C16H20N4O/c17-12-15(13-20-10-8-18-9-11-20)16(21)19-7-6-14-4-2-1-3-5-14/h1-5,13,18H,6-11H2,(H,19,21)/b15-13-. The number of nitrogens with zero attached hydrogens (tertiary/aromatic N) is 2. The van der Waals surface area contributed by atoms with Crippen molar-refractivity contribution in [2.24, 2.45) is 0 Å². The molecule has 5 heteroatoms. The summed E-state index contributed by atoms with van der Waals surface area (Å²) in [5.74, 6) is -0.299. The van der Waals surface area contributed by atoms with Gasteiger partial charge in [-0.15, -0.1) is 0 Å². The Hall–Kier alpha value is -2.32. The summed E-state index contributed by atoms with van der Waals surface area (Å²) in [7, 11) is 0. The number of piperazine rings is 1. The molecular formula is C16H20N4O. The molecule has 0 unspecified atom stereocenters. The fourth-order valence-electron chi connectivity index (χ4n) is 2.19. The summed E-state index contributed by atoms with van der Waals surface area (Å²) >= 11 is 0. The molecule has 2 rings (SSSR count). The number of carbonyl (C=O) groups excluding carboxylic acids is 1. The maximum atomic E-state index is 12.0. The summed E-state index contributed by atoms with van der Waals surface area (Å²) < 4.78 is 0. The van der Waals surface area contributed by atoms with Gasteiger partial charge in [-0.25, -0.2) is 0 Å². The largest absolute Gasteiger partial charge is 0.374 e. The summed E-state index contributed by atoms with van der Waals surface area (Å²) in [5, 5.41) is 15.2. The number of nitrogens with one attached hydrogen (secondary N) is 2. The highest BCUT2D eigenvalue weighted by Gasteiger charge is 2.12. The van der Waals surface area contributed by atoms with Gasteiger partial charge in [-0.3, -0.25) is 4.79 Å². The molecule has 2 N–H and O–H groups in total. The molecule has 5 nitrogen and oxygen atoms in total. The first-order chi connectivity index (χ1) is 10.3. The lowest BCUT2D eigenvalue weighted by atomic mass is 10.1. The number of hydrogen-bond donors (Lipinski definition) is 2. The van der Waals surface area contributed by atoms with Crippen molar-refractivity contribution in [1.82, 2.24) is 15.5 Å². The average molecular weight is 284 g/mol. The zero-order chi connectivity index (χ0) is 14.9. The summed E-state index contributed by atoms with van der Waals surface area (Å²) in [4.78, 5) is 14.0. The Kier molecular flexibility index (Phi) is 5.80. The minimum absolute atomic E-state index is 0.171. The highest BCUT2D eigenvalue weighted by Crippen LogP contribution is 2.01. The lowest BCUT2D eigenvalue weighted by Crippen LogP contribution is -2.41. The van der Waals surface area contributed by atoms with Gasteiger partial charge in [0, 0.05) is 38.9 Å². The quantitative estimate of drug-likeness (QED) is 0.615. The Balaban J connectivity index is 1.82. The number of benzene rings is 1. The summed E-state index contributed by atoms with van der Waals surface area (Å²) in [6.07, 6.45) is 2.43. The van der Waals surface area contributed by atoms with E-state index >= 15 is 0 Å². The molecule has 1 heterocycles. The second-order valence-corrected chi connectivity index (χ2v) is 4.93. The molecule has 0 aromatic heterocycles. The lowest BCUT2D eigenvalue weighted by Gasteiger charge is -2.26. The SMILES string of the molecule is N#C/C(=C/N1CCNCC1)C(=O)NCCc1ccccc1. The van der Waals surface area contributed by atoms with Crippen LogP contribution in [0.5, 0.6) is 0 Å². The topological polar surface area (TPSA) is 68.2 Å². The van der Waals surface area contributed by atoms with Crippen molar-refractivity contribution in [3.05, 3.63) is 47.7 Å². The number of rotatable bonds is 5. The van der Waals surface area contributed by atoms with E-state index in [2.05, 4.69) is 10.6 Å². The second-order valence-electron chi connectivity index (χ2n) is 4.93. The number of amides is 1. The Morgan fingerprint density at radius 3 is 2.71 bits per heavy atom. The minimum atomic E-state index is -0.299. The molecule has 0 radical (unpaired) electrons. The maximum absolute atomic E-state index is 12.0. The van der Waals surface area contributed by atoms with Crippen molar-refractivity contribution in [3.8, 4) is 6.07 Å². The molecule has 1 aliphatic rings. The van der Waals surface area contributed by atoms with Gasteiger partial charge < -0.3 is 15.5 Å². The number of nitriles is 1. The molecule has 1 amide bonds. The molecule has 0 spiro atoms. The molecule has 1 aromatic carbocycles. The Labute approximate surface area is 125 Å². The predicted molar refractivity (Wildman–Crippen MR) is 81.3 cm³/mol. The molecule has 0 saturated carbocycles. The van der Waals surface area contributed by atoms with Crippen LogP contribution in [-0.4, -0.2) is 43.5 Å². The summed E-state index contributed by atoms with van der Waals surface area (Å²) in [6, 6.07) is 11.9. The summed E-state index contributed by atoms with van der Waals surface area (Å²) in [5.41, 5.74) is 1.34. The number of hydrogen-bond acceptors (Lipinski definition) is 4. The van der Waals surface area contributed by atoms with E-state index in [1.807, 2.05) is 41.3 Å². The van der Waals surface area contributed by atoms with E-state index in [4.69, 9.17) is 5.26 Å². The summed E-state index contributed by atoms with van der Waals surface area (Å²) in [6.45, 7) is 3.93. The van der Waals surface area contributed by atoms with Crippen LogP contribution in [0.1, 0.15) is 5.56 Å². The van der Waals surface area contributed by atoms with Crippen molar-refractivity contribution in [2.45, 2.75) is 6.42 Å². The van der Waals surface area contributed by atoms with Gasteiger partial charge in [0.15, 0.2) is 0 Å². The highest BCUT2D eigenvalue weighted by atomic mass is 16.1. The van der Waals surface area contributed by atoms with Crippen molar-refractivity contribution in [3.63, 3.8) is 0 Å². The van der Waals surface area contributed by atoms with E-state index in [1.165, 1.54) is 5.56 Å². The second kappa shape index (κ2) is 8.08. The molecule has 1 fully saturated rings. The zero-order valence-electron chi connectivity index (χ0n) is 12.0. The van der Waals surface area contributed by atoms with Gasteiger partial charge in [0.1, 0.15) is 11.6 Å². The van der Waals surface area contributed by atoms with E-state index in [1.54, 1.807) is 6.20 Å². The molecule has 1 aliphatic heterocycles. The van der Waals surface area contributed by atoms with E-state index < -0.39 is 0 Å². The Morgan fingerprint density at radius 1 is 1.33 bits per heavy atom. The molecule has 0 aliphatic carbocycles. The van der Waals surface area contributed by atoms with Crippen LogP contribution in [-0.2, 0) is 11.2 Å². The molecule has 1 aromatic rings. The maximum Gasteiger partial charge on any atom is 0.263 e.